The molecule has 0 unspecified atom stereocenters. The van der Waals surface area contributed by atoms with Crippen molar-refractivity contribution in [1.82, 2.24) is 19.5 Å². The average Bonchev–Trinajstić information content (AvgIpc) is 3.07. The molecule has 1 amide bonds. The molecule has 0 radical (unpaired) electrons. The molecule has 8 nitrogen and oxygen atoms in total. The molecule has 2 atom stereocenters. The van der Waals surface area contributed by atoms with E-state index in [1.165, 1.54) is 22.8 Å². The second-order valence-electron chi connectivity index (χ2n) is 6.58. The SMILES string of the molecule is C[C@@H]1C[C@H](C)CN(S(=O)(=O)c2cccc(C(=O)Nc3ncn[nH]3)c2)C1. The van der Waals surface area contributed by atoms with Gasteiger partial charge in [0.15, 0.2) is 0 Å². The normalized spacial score (nSPS) is 21.8. The quantitative estimate of drug-likeness (QED) is 0.860. The number of hydrogen-bond donors (Lipinski definition) is 2. The molecule has 134 valence electrons. The van der Waals surface area contributed by atoms with Gasteiger partial charge in [-0.1, -0.05) is 19.9 Å². The number of benzene rings is 1. The number of carbonyl (C=O) groups excluding carboxylic acids is 1. The van der Waals surface area contributed by atoms with Crippen LogP contribution in [-0.4, -0.2) is 46.9 Å². The van der Waals surface area contributed by atoms with Gasteiger partial charge in [0.1, 0.15) is 6.33 Å². The number of aromatic nitrogens is 3. The van der Waals surface area contributed by atoms with E-state index in [9.17, 15) is 13.2 Å². The smallest absolute Gasteiger partial charge is 0.258 e. The molecule has 1 fully saturated rings. The van der Waals surface area contributed by atoms with Crippen LogP contribution in [0.5, 0.6) is 0 Å². The number of amides is 1. The maximum absolute atomic E-state index is 12.9. The van der Waals surface area contributed by atoms with Gasteiger partial charge >= 0.3 is 0 Å². The monoisotopic (exact) mass is 363 g/mol. The number of piperidine rings is 1. The highest BCUT2D eigenvalue weighted by atomic mass is 32.2. The first kappa shape index (κ1) is 17.6. The molecule has 2 heterocycles. The third kappa shape index (κ3) is 3.88. The predicted molar refractivity (Wildman–Crippen MR) is 92.5 cm³/mol. The number of hydrogen-bond acceptors (Lipinski definition) is 5. The Hall–Kier alpha value is -2.26. The van der Waals surface area contributed by atoms with Gasteiger partial charge in [-0.05, 0) is 36.5 Å². The Kier molecular flexibility index (Phi) is 4.87. The summed E-state index contributed by atoms with van der Waals surface area (Å²) < 4.78 is 27.4. The molecule has 25 heavy (non-hydrogen) atoms. The third-order valence-electron chi connectivity index (χ3n) is 4.22. The first-order valence-electron chi connectivity index (χ1n) is 8.13. The Bertz CT molecular complexity index is 840. The summed E-state index contributed by atoms with van der Waals surface area (Å²) in [7, 11) is -3.63. The van der Waals surface area contributed by atoms with Gasteiger partial charge in [-0.25, -0.2) is 13.5 Å². The highest BCUT2D eigenvalue weighted by Gasteiger charge is 2.31. The van der Waals surface area contributed by atoms with E-state index in [-0.39, 0.29) is 16.4 Å². The van der Waals surface area contributed by atoms with Crippen molar-refractivity contribution in [2.24, 2.45) is 11.8 Å². The maximum Gasteiger partial charge on any atom is 0.258 e. The molecule has 0 aliphatic carbocycles. The number of H-pyrrole nitrogens is 1. The molecule has 0 bridgehead atoms. The van der Waals surface area contributed by atoms with Gasteiger partial charge in [-0.3, -0.25) is 10.1 Å². The van der Waals surface area contributed by atoms with Crippen LogP contribution in [0.4, 0.5) is 5.95 Å². The minimum Gasteiger partial charge on any atom is -0.291 e. The zero-order chi connectivity index (χ0) is 18.0. The predicted octanol–water partition coefficient (Wildman–Crippen LogP) is 1.72. The largest absolute Gasteiger partial charge is 0.291 e. The lowest BCUT2D eigenvalue weighted by atomic mass is 9.94. The number of nitrogens with zero attached hydrogens (tertiary/aromatic N) is 3. The summed E-state index contributed by atoms with van der Waals surface area (Å²) >= 11 is 0. The van der Waals surface area contributed by atoms with Crippen LogP contribution in [-0.2, 0) is 10.0 Å². The number of carbonyl (C=O) groups is 1. The first-order valence-corrected chi connectivity index (χ1v) is 9.57. The van der Waals surface area contributed by atoms with Crippen LogP contribution < -0.4 is 5.32 Å². The molecule has 9 heteroatoms. The minimum atomic E-state index is -3.63. The van der Waals surface area contributed by atoms with E-state index in [0.717, 1.165) is 6.42 Å². The highest BCUT2D eigenvalue weighted by Crippen LogP contribution is 2.27. The summed E-state index contributed by atoms with van der Waals surface area (Å²) in [6.45, 7) is 5.11. The summed E-state index contributed by atoms with van der Waals surface area (Å²) in [6, 6.07) is 6.04. The highest BCUT2D eigenvalue weighted by molar-refractivity contribution is 7.89. The van der Waals surface area contributed by atoms with Gasteiger partial charge in [0, 0.05) is 18.7 Å². The minimum absolute atomic E-state index is 0.124. The Morgan fingerprint density at radius 3 is 2.64 bits per heavy atom. The van der Waals surface area contributed by atoms with E-state index < -0.39 is 15.9 Å². The molecule has 2 N–H and O–H groups in total. The van der Waals surface area contributed by atoms with Gasteiger partial charge in [0.05, 0.1) is 4.90 Å². The van der Waals surface area contributed by atoms with E-state index in [0.29, 0.717) is 24.9 Å². The number of anilines is 1. The van der Waals surface area contributed by atoms with Crippen LogP contribution in [0.1, 0.15) is 30.6 Å². The Morgan fingerprint density at radius 2 is 2.00 bits per heavy atom. The standard InChI is InChI=1S/C16H21N5O3S/c1-11-6-12(2)9-21(8-11)25(23,24)14-5-3-4-13(7-14)15(22)19-16-17-10-18-20-16/h3-5,7,10-12H,6,8-9H2,1-2H3,(H2,17,18,19,20,22)/t11-,12+. The molecule has 0 spiro atoms. The number of nitrogens with one attached hydrogen (secondary N) is 2. The van der Waals surface area contributed by atoms with Gasteiger partial charge < -0.3 is 0 Å². The second kappa shape index (κ2) is 6.93. The zero-order valence-electron chi connectivity index (χ0n) is 14.1. The van der Waals surface area contributed by atoms with E-state index in [1.54, 1.807) is 12.1 Å². The van der Waals surface area contributed by atoms with E-state index in [4.69, 9.17) is 0 Å². The number of rotatable bonds is 4. The fourth-order valence-corrected chi connectivity index (χ4v) is 4.92. The van der Waals surface area contributed by atoms with Crippen LogP contribution in [0.25, 0.3) is 0 Å². The fraction of sp³-hybridized carbons (Fsp3) is 0.438. The van der Waals surface area contributed by atoms with Crippen molar-refractivity contribution in [3.8, 4) is 0 Å². The molecular weight excluding hydrogens is 342 g/mol. The Morgan fingerprint density at radius 1 is 1.28 bits per heavy atom. The second-order valence-corrected chi connectivity index (χ2v) is 8.52. The summed E-state index contributed by atoms with van der Waals surface area (Å²) in [4.78, 5) is 16.2. The van der Waals surface area contributed by atoms with Gasteiger partial charge in [0.2, 0.25) is 16.0 Å². The van der Waals surface area contributed by atoms with Crippen molar-refractivity contribution in [2.45, 2.75) is 25.2 Å². The summed E-state index contributed by atoms with van der Waals surface area (Å²) in [5.74, 6) is 0.388. The molecule has 1 aromatic heterocycles. The lowest BCUT2D eigenvalue weighted by Gasteiger charge is -2.34. The van der Waals surface area contributed by atoms with Crippen LogP contribution in [0.3, 0.4) is 0 Å². The summed E-state index contributed by atoms with van der Waals surface area (Å²) in [5.41, 5.74) is 0.246. The van der Waals surface area contributed by atoms with E-state index >= 15 is 0 Å². The zero-order valence-corrected chi connectivity index (χ0v) is 15.0. The summed E-state index contributed by atoms with van der Waals surface area (Å²) in [6.07, 6.45) is 2.29. The van der Waals surface area contributed by atoms with Crippen molar-refractivity contribution >= 4 is 21.9 Å². The van der Waals surface area contributed by atoms with Crippen molar-refractivity contribution in [3.05, 3.63) is 36.2 Å². The topological polar surface area (TPSA) is 108 Å². The van der Waals surface area contributed by atoms with Crippen molar-refractivity contribution < 1.29 is 13.2 Å². The van der Waals surface area contributed by atoms with Crippen LogP contribution in [0.2, 0.25) is 0 Å². The van der Waals surface area contributed by atoms with Crippen LogP contribution in [0.15, 0.2) is 35.5 Å². The number of aromatic amines is 1. The van der Waals surface area contributed by atoms with Gasteiger partial charge in [-0.15, -0.1) is 0 Å². The third-order valence-corrected chi connectivity index (χ3v) is 6.04. The number of sulfonamides is 1. The van der Waals surface area contributed by atoms with E-state index in [1.807, 2.05) is 0 Å². The molecule has 1 aliphatic rings. The van der Waals surface area contributed by atoms with Crippen molar-refractivity contribution in [3.63, 3.8) is 0 Å². The van der Waals surface area contributed by atoms with Gasteiger partial charge in [0.25, 0.3) is 5.91 Å². The molecule has 0 saturated carbocycles. The summed E-state index contributed by atoms with van der Waals surface area (Å²) in [5, 5.41) is 8.71. The Balaban J connectivity index is 1.83. The van der Waals surface area contributed by atoms with E-state index in [2.05, 4.69) is 34.3 Å². The molecular formula is C16H21N5O3S. The van der Waals surface area contributed by atoms with Crippen molar-refractivity contribution in [2.75, 3.05) is 18.4 Å². The molecule has 1 saturated heterocycles. The van der Waals surface area contributed by atoms with Crippen LogP contribution >= 0.6 is 0 Å². The molecule has 1 aliphatic heterocycles. The maximum atomic E-state index is 12.9. The lowest BCUT2D eigenvalue weighted by molar-refractivity contribution is 0.102. The first-order chi connectivity index (χ1) is 11.9. The molecule has 3 rings (SSSR count). The average molecular weight is 363 g/mol. The lowest BCUT2D eigenvalue weighted by Crippen LogP contribution is -2.42. The van der Waals surface area contributed by atoms with Gasteiger partial charge in [-0.2, -0.15) is 14.4 Å². The Labute approximate surface area is 146 Å². The van der Waals surface area contributed by atoms with Crippen molar-refractivity contribution in [1.29, 1.82) is 0 Å². The molecule has 2 aromatic rings. The fourth-order valence-electron chi connectivity index (χ4n) is 3.19. The van der Waals surface area contributed by atoms with Crippen LogP contribution in [0, 0.1) is 11.8 Å². The molecule has 1 aromatic carbocycles.